The molecular weight excluding hydrogens is 488 g/mol. The van der Waals surface area contributed by atoms with E-state index in [1.165, 1.54) is 11.8 Å². The summed E-state index contributed by atoms with van der Waals surface area (Å²) in [6.07, 6.45) is -0.360. The van der Waals surface area contributed by atoms with Crippen LogP contribution >= 0.6 is 11.8 Å². The molecule has 0 radical (unpaired) electrons. The average Bonchev–Trinajstić information content (AvgIpc) is 3.26. The lowest BCUT2D eigenvalue weighted by molar-refractivity contribution is 0.0169. The molecule has 0 aliphatic carbocycles. The summed E-state index contributed by atoms with van der Waals surface area (Å²) < 4.78 is 5.45. The van der Waals surface area contributed by atoms with Gasteiger partial charge in [0.05, 0.1) is 17.3 Å². The highest BCUT2D eigenvalue weighted by atomic mass is 32.2. The second-order valence-corrected chi connectivity index (χ2v) is 11.2. The van der Waals surface area contributed by atoms with Crippen molar-refractivity contribution in [1.29, 1.82) is 5.26 Å². The van der Waals surface area contributed by atoms with Gasteiger partial charge in [0.2, 0.25) is 0 Å². The van der Waals surface area contributed by atoms with Crippen LogP contribution in [-0.4, -0.2) is 64.2 Å². The summed E-state index contributed by atoms with van der Waals surface area (Å²) in [6, 6.07) is 13.4. The number of rotatable bonds is 3. The lowest BCUT2D eigenvalue weighted by atomic mass is 10.1. The average molecular weight is 521 g/mol. The van der Waals surface area contributed by atoms with Gasteiger partial charge in [-0.15, -0.1) is 0 Å². The minimum Gasteiger partial charge on any atom is -0.444 e. The first kappa shape index (κ1) is 26.4. The molecule has 3 amide bonds. The molecule has 4 rings (SSSR count). The van der Waals surface area contributed by atoms with Crippen molar-refractivity contribution >= 4 is 34.5 Å². The first-order valence-corrected chi connectivity index (χ1v) is 13.1. The van der Waals surface area contributed by atoms with E-state index in [1.54, 1.807) is 15.9 Å². The Bertz CT molecular complexity index is 1250. The zero-order valence-corrected chi connectivity index (χ0v) is 22.6. The number of aryl methyl sites for hydroxylation is 2. The number of carbonyl (C=O) groups excluding carboxylic acids is 2. The molecule has 2 aromatic rings. The lowest BCUT2D eigenvalue weighted by Crippen LogP contribution is -2.55. The summed E-state index contributed by atoms with van der Waals surface area (Å²) in [5, 5.41) is 15.9. The van der Waals surface area contributed by atoms with E-state index in [9.17, 15) is 14.9 Å². The second kappa shape index (κ2) is 10.7. The normalized spacial score (nSPS) is 17.8. The number of piperazine rings is 1. The standard InChI is InChI=1S/C27H32N6O3S/c1-17-13-21(14-18(2)29-17)23-22(20-8-6-7-19(15-20)16-28)30-24(37-23)31-25(34)32-9-11-33(12-10-32)26(35)36-27(3,4)5/h6-8,13-15,24,30H,9-12H2,1-5H3,(H,31,34). The quantitative estimate of drug-likeness (QED) is 0.622. The SMILES string of the molecule is Cc1cc(C2=C(c3cccc(C#N)c3)NC(NC(=O)N3CCN(C(=O)OC(C)(C)C)CC3)S2)cc(C)n1. The Morgan fingerprint density at radius 2 is 1.73 bits per heavy atom. The molecule has 0 spiro atoms. The fourth-order valence-corrected chi connectivity index (χ4v) is 5.35. The van der Waals surface area contributed by atoms with Crippen molar-refractivity contribution in [2.24, 2.45) is 0 Å². The largest absolute Gasteiger partial charge is 0.444 e. The number of carbonyl (C=O) groups is 2. The number of urea groups is 1. The van der Waals surface area contributed by atoms with Crippen molar-refractivity contribution in [2.75, 3.05) is 26.2 Å². The van der Waals surface area contributed by atoms with E-state index in [2.05, 4.69) is 21.7 Å². The van der Waals surface area contributed by atoms with Gasteiger partial charge in [0, 0.05) is 48.0 Å². The molecule has 0 saturated carbocycles. The molecular formula is C27H32N6O3S. The Labute approximate surface area is 221 Å². The number of amides is 3. The maximum Gasteiger partial charge on any atom is 0.410 e. The van der Waals surface area contributed by atoms with Crippen molar-refractivity contribution in [1.82, 2.24) is 25.4 Å². The molecule has 1 aromatic heterocycles. The minimum atomic E-state index is -0.558. The Morgan fingerprint density at radius 3 is 2.35 bits per heavy atom. The van der Waals surface area contributed by atoms with E-state index in [1.807, 2.05) is 65.0 Å². The van der Waals surface area contributed by atoms with E-state index in [0.29, 0.717) is 31.7 Å². The van der Waals surface area contributed by atoms with E-state index in [0.717, 1.165) is 33.1 Å². The van der Waals surface area contributed by atoms with Crippen LogP contribution < -0.4 is 10.6 Å². The smallest absolute Gasteiger partial charge is 0.410 e. The van der Waals surface area contributed by atoms with Crippen LogP contribution in [0.25, 0.3) is 10.6 Å². The van der Waals surface area contributed by atoms with Crippen LogP contribution in [0, 0.1) is 25.2 Å². The van der Waals surface area contributed by atoms with Crippen LogP contribution in [0.5, 0.6) is 0 Å². The van der Waals surface area contributed by atoms with Gasteiger partial charge in [-0.25, -0.2) is 9.59 Å². The predicted octanol–water partition coefficient (Wildman–Crippen LogP) is 4.28. The van der Waals surface area contributed by atoms with Gasteiger partial charge in [-0.05, 0) is 64.4 Å². The molecule has 10 heteroatoms. The Kier molecular flexibility index (Phi) is 7.64. The molecule has 2 aliphatic rings. The van der Waals surface area contributed by atoms with Gasteiger partial charge in [-0.3, -0.25) is 4.98 Å². The number of hydrogen-bond donors (Lipinski definition) is 2. The zero-order valence-electron chi connectivity index (χ0n) is 21.8. The molecule has 1 aromatic carbocycles. The molecule has 2 N–H and O–H groups in total. The van der Waals surface area contributed by atoms with E-state index >= 15 is 0 Å². The Hall–Kier alpha value is -3.71. The van der Waals surface area contributed by atoms with Crippen LogP contribution in [0.15, 0.2) is 36.4 Å². The molecule has 194 valence electrons. The number of pyridine rings is 1. The Balaban J connectivity index is 1.46. The van der Waals surface area contributed by atoms with Crippen molar-refractivity contribution in [3.8, 4) is 6.07 Å². The van der Waals surface area contributed by atoms with Gasteiger partial charge >= 0.3 is 12.1 Å². The molecule has 2 aliphatic heterocycles. The number of nitrogens with zero attached hydrogens (tertiary/aromatic N) is 4. The number of aromatic nitrogens is 1. The Morgan fingerprint density at radius 1 is 1.08 bits per heavy atom. The number of hydrogen-bond acceptors (Lipinski definition) is 7. The maximum atomic E-state index is 13.1. The van der Waals surface area contributed by atoms with Crippen LogP contribution in [0.1, 0.15) is 48.8 Å². The van der Waals surface area contributed by atoms with E-state index in [4.69, 9.17) is 4.74 Å². The van der Waals surface area contributed by atoms with Crippen molar-refractivity contribution in [3.05, 3.63) is 64.5 Å². The third-order valence-electron chi connectivity index (χ3n) is 5.84. The summed E-state index contributed by atoms with van der Waals surface area (Å²) in [5.74, 6) is 0. The molecule has 9 nitrogen and oxygen atoms in total. The highest BCUT2D eigenvalue weighted by Gasteiger charge is 2.32. The van der Waals surface area contributed by atoms with Crippen LogP contribution in [0.2, 0.25) is 0 Å². The number of thioether (sulfide) groups is 1. The second-order valence-electron chi connectivity index (χ2n) is 10.1. The van der Waals surface area contributed by atoms with Gasteiger partial charge in [0.15, 0.2) is 5.50 Å². The van der Waals surface area contributed by atoms with Gasteiger partial charge in [-0.1, -0.05) is 23.9 Å². The predicted molar refractivity (Wildman–Crippen MR) is 144 cm³/mol. The third-order valence-corrected chi connectivity index (χ3v) is 6.98. The number of benzene rings is 1. The topological polar surface area (TPSA) is 111 Å². The lowest BCUT2D eigenvalue weighted by Gasteiger charge is -2.36. The highest BCUT2D eigenvalue weighted by molar-refractivity contribution is 8.09. The summed E-state index contributed by atoms with van der Waals surface area (Å²) in [7, 11) is 0. The molecule has 1 saturated heterocycles. The summed E-state index contributed by atoms with van der Waals surface area (Å²) in [4.78, 5) is 34.3. The number of nitrogens with one attached hydrogen (secondary N) is 2. The van der Waals surface area contributed by atoms with E-state index < -0.39 is 11.1 Å². The molecule has 1 fully saturated rings. The monoisotopic (exact) mass is 520 g/mol. The van der Waals surface area contributed by atoms with Gasteiger partial charge in [0.1, 0.15) is 5.60 Å². The number of ether oxygens (including phenoxy) is 1. The van der Waals surface area contributed by atoms with Gasteiger partial charge < -0.3 is 25.2 Å². The fourth-order valence-electron chi connectivity index (χ4n) is 4.23. The van der Waals surface area contributed by atoms with Crippen LogP contribution in [0.4, 0.5) is 9.59 Å². The van der Waals surface area contributed by atoms with E-state index in [-0.39, 0.29) is 12.1 Å². The third kappa shape index (κ3) is 6.54. The number of nitriles is 1. The fraction of sp³-hybridized carbons (Fsp3) is 0.407. The van der Waals surface area contributed by atoms with Crippen molar-refractivity contribution in [2.45, 2.75) is 45.7 Å². The van der Waals surface area contributed by atoms with Crippen LogP contribution in [-0.2, 0) is 4.74 Å². The van der Waals surface area contributed by atoms with Gasteiger partial charge in [-0.2, -0.15) is 5.26 Å². The molecule has 1 atom stereocenters. The molecule has 0 bridgehead atoms. The summed E-state index contributed by atoms with van der Waals surface area (Å²) in [6.45, 7) is 11.1. The summed E-state index contributed by atoms with van der Waals surface area (Å²) >= 11 is 1.52. The summed E-state index contributed by atoms with van der Waals surface area (Å²) in [5.41, 5.74) is 4.14. The first-order chi connectivity index (χ1) is 17.5. The molecule has 37 heavy (non-hydrogen) atoms. The first-order valence-electron chi connectivity index (χ1n) is 12.2. The van der Waals surface area contributed by atoms with Crippen molar-refractivity contribution in [3.63, 3.8) is 0 Å². The molecule has 1 unspecified atom stereocenters. The molecule has 3 heterocycles. The highest BCUT2D eigenvalue weighted by Crippen LogP contribution is 2.41. The van der Waals surface area contributed by atoms with Crippen molar-refractivity contribution < 1.29 is 14.3 Å². The van der Waals surface area contributed by atoms with Crippen LogP contribution in [0.3, 0.4) is 0 Å². The minimum absolute atomic E-state index is 0.206. The zero-order chi connectivity index (χ0) is 26.7. The maximum absolute atomic E-state index is 13.1. The van der Waals surface area contributed by atoms with Gasteiger partial charge in [0.25, 0.3) is 0 Å².